The van der Waals surface area contributed by atoms with Crippen LogP contribution in [0, 0.1) is 0 Å². The molecule has 2 rings (SSSR count). The molecule has 21 heavy (non-hydrogen) atoms. The Balaban J connectivity index is 2.28. The molecule has 2 N–H and O–H groups in total. The van der Waals surface area contributed by atoms with Gasteiger partial charge in [0.25, 0.3) is 0 Å². The normalized spacial score (nSPS) is 13.0. The van der Waals surface area contributed by atoms with Gasteiger partial charge in [-0.2, -0.15) is 5.10 Å². The van der Waals surface area contributed by atoms with E-state index in [1.165, 1.54) is 0 Å². The SMILES string of the molecule is CCCNC(c1ncc[nH]1)c1c(Br)cnn1CCN(C)C. The van der Waals surface area contributed by atoms with Crippen LogP contribution in [0.25, 0.3) is 0 Å². The lowest BCUT2D eigenvalue weighted by Crippen LogP contribution is -2.28. The minimum Gasteiger partial charge on any atom is -0.347 e. The molecule has 7 heteroatoms. The fraction of sp³-hybridized carbons (Fsp3) is 0.571. The second-order valence-electron chi connectivity index (χ2n) is 5.27. The molecule has 0 aromatic carbocycles. The number of imidazole rings is 1. The highest BCUT2D eigenvalue weighted by Crippen LogP contribution is 2.27. The third-order valence-corrected chi connectivity index (χ3v) is 3.87. The van der Waals surface area contributed by atoms with Crippen LogP contribution in [-0.4, -0.2) is 51.8 Å². The third-order valence-electron chi connectivity index (χ3n) is 3.26. The summed E-state index contributed by atoms with van der Waals surface area (Å²) >= 11 is 3.62. The highest BCUT2D eigenvalue weighted by atomic mass is 79.9. The van der Waals surface area contributed by atoms with Gasteiger partial charge >= 0.3 is 0 Å². The lowest BCUT2D eigenvalue weighted by molar-refractivity contribution is 0.364. The van der Waals surface area contributed by atoms with E-state index < -0.39 is 0 Å². The minimum atomic E-state index is 0.0130. The Bertz CT molecular complexity index is 534. The van der Waals surface area contributed by atoms with Gasteiger partial charge < -0.3 is 15.2 Å². The van der Waals surface area contributed by atoms with Crippen molar-refractivity contribution in [2.24, 2.45) is 0 Å². The van der Waals surface area contributed by atoms with Crippen molar-refractivity contribution >= 4 is 15.9 Å². The molecule has 0 aliphatic rings. The first kappa shape index (κ1) is 16.2. The first-order valence-corrected chi connectivity index (χ1v) is 8.01. The standard InChI is InChI=1S/C14H23BrN6/c1-4-5-16-12(14-17-6-7-18-14)13-11(15)10-19-21(13)9-8-20(2)3/h6-7,10,12,16H,4-5,8-9H2,1-3H3,(H,17,18). The van der Waals surface area contributed by atoms with Crippen molar-refractivity contribution in [3.8, 4) is 0 Å². The number of likely N-dealkylation sites (N-methyl/N-ethyl adjacent to an activating group) is 1. The summed E-state index contributed by atoms with van der Waals surface area (Å²) in [6, 6.07) is 0.0130. The Morgan fingerprint density at radius 3 is 2.90 bits per heavy atom. The van der Waals surface area contributed by atoms with Crippen molar-refractivity contribution < 1.29 is 0 Å². The fourth-order valence-electron chi connectivity index (χ4n) is 2.18. The molecule has 0 aliphatic carbocycles. The van der Waals surface area contributed by atoms with E-state index in [1.807, 2.05) is 17.1 Å². The van der Waals surface area contributed by atoms with E-state index in [9.17, 15) is 0 Å². The minimum absolute atomic E-state index is 0.0130. The average molecular weight is 355 g/mol. The van der Waals surface area contributed by atoms with Crippen LogP contribution in [0.5, 0.6) is 0 Å². The molecule has 116 valence electrons. The molecule has 0 saturated heterocycles. The van der Waals surface area contributed by atoms with E-state index in [-0.39, 0.29) is 6.04 Å². The molecule has 2 aromatic rings. The van der Waals surface area contributed by atoms with E-state index in [4.69, 9.17) is 0 Å². The molecule has 6 nitrogen and oxygen atoms in total. The van der Waals surface area contributed by atoms with Crippen molar-refractivity contribution in [1.82, 2.24) is 30.0 Å². The second-order valence-corrected chi connectivity index (χ2v) is 6.12. The van der Waals surface area contributed by atoms with Crippen molar-refractivity contribution in [3.63, 3.8) is 0 Å². The number of hydrogen-bond donors (Lipinski definition) is 2. The second kappa shape index (κ2) is 7.72. The Hall–Kier alpha value is -1.18. The number of aromatic nitrogens is 4. The Labute approximate surface area is 134 Å². The molecule has 2 aromatic heterocycles. The maximum Gasteiger partial charge on any atom is 0.129 e. The van der Waals surface area contributed by atoms with Crippen LogP contribution in [0.15, 0.2) is 23.1 Å². The fourth-order valence-corrected chi connectivity index (χ4v) is 2.70. The predicted molar refractivity (Wildman–Crippen MR) is 87.2 cm³/mol. The molecule has 0 radical (unpaired) electrons. The number of halogens is 1. The smallest absolute Gasteiger partial charge is 0.129 e. The highest BCUT2D eigenvalue weighted by molar-refractivity contribution is 9.10. The number of aromatic amines is 1. The van der Waals surface area contributed by atoms with E-state index in [1.54, 1.807) is 6.20 Å². The molecule has 0 fully saturated rings. The molecular weight excluding hydrogens is 332 g/mol. The molecule has 1 atom stereocenters. The molecule has 1 unspecified atom stereocenters. The van der Waals surface area contributed by atoms with Crippen molar-refractivity contribution in [1.29, 1.82) is 0 Å². The zero-order chi connectivity index (χ0) is 15.2. The number of hydrogen-bond acceptors (Lipinski definition) is 4. The van der Waals surface area contributed by atoms with Crippen LogP contribution >= 0.6 is 15.9 Å². The highest BCUT2D eigenvalue weighted by Gasteiger charge is 2.23. The molecule has 2 heterocycles. The molecule has 0 spiro atoms. The average Bonchev–Trinajstić information content (AvgIpc) is 3.09. The van der Waals surface area contributed by atoms with E-state index >= 15 is 0 Å². The summed E-state index contributed by atoms with van der Waals surface area (Å²) in [5.41, 5.74) is 1.11. The molecule has 0 amide bonds. The van der Waals surface area contributed by atoms with Crippen LogP contribution in [0.4, 0.5) is 0 Å². The monoisotopic (exact) mass is 354 g/mol. The lowest BCUT2D eigenvalue weighted by atomic mass is 10.2. The quantitative estimate of drug-likeness (QED) is 0.761. The number of rotatable bonds is 8. The zero-order valence-corrected chi connectivity index (χ0v) is 14.4. The maximum atomic E-state index is 4.49. The largest absolute Gasteiger partial charge is 0.347 e. The van der Waals surface area contributed by atoms with Gasteiger partial charge in [0.2, 0.25) is 0 Å². The van der Waals surface area contributed by atoms with Crippen LogP contribution in [0.2, 0.25) is 0 Å². The van der Waals surface area contributed by atoms with E-state index in [0.717, 1.165) is 42.0 Å². The van der Waals surface area contributed by atoms with Gasteiger partial charge in [-0.15, -0.1) is 0 Å². The topological polar surface area (TPSA) is 61.8 Å². The van der Waals surface area contributed by atoms with Gasteiger partial charge in [-0.1, -0.05) is 6.92 Å². The summed E-state index contributed by atoms with van der Waals surface area (Å²) in [5, 5.41) is 8.03. The van der Waals surface area contributed by atoms with Crippen molar-refractivity contribution in [2.75, 3.05) is 27.2 Å². The van der Waals surface area contributed by atoms with Crippen LogP contribution in [0.3, 0.4) is 0 Å². The summed E-state index contributed by atoms with van der Waals surface area (Å²) in [6.45, 7) is 4.87. The molecule has 0 aliphatic heterocycles. The number of nitrogens with one attached hydrogen (secondary N) is 2. The zero-order valence-electron chi connectivity index (χ0n) is 12.8. The summed E-state index contributed by atoms with van der Waals surface area (Å²) < 4.78 is 3.05. The summed E-state index contributed by atoms with van der Waals surface area (Å²) in [4.78, 5) is 9.77. The molecular formula is C14H23BrN6. The van der Waals surface area contributed by atoms with Crippen LogP contribution in [0.1, 0.15) is 30.9 Å². The van der Waals surface area contributed by atoms with E-state index in [0.29, 0.717) is 0 Å². The van der Waals surface area contributed by atoms with Gasteiger partial charge in [-0.3, -0.25) is 4.68 Å². The predicted octanol–water partition coefficient (Wildman–Crippen LogP) is 2.02. The Morgan fingerprint density at radius 1 is 1.48 bits per heavy atom. The van der Waals surface area contributed by atoms with Crippen molar-refractivity contribution in [3.05, 3.63) is 34.6 Å². The van der Waals surface area contributed by atoms with E-state index in [2.05, 4.69) is 62.2 Å². The lowest BCUT2D eigenvalue weighted by Gasteiger charge is -2.20. The maximum absolute atomic E-state index is 4.49. The number of H-pyrrole nitrogens is 1. The molecule has 0 saturated carbocycles. The van der Waals surface area contributed by atoms with Crippen LogP contribution in [-0.2, 0) is 6.54 Å². The first-order chi connectivity index (χ1) is 10.1. The van der Waals surface area contributed by atoms with Gasteiger partial charge in [-0.05, 0) is 43.0 Å². The van der Waals surface area contributed by atoms with Gasteiger partial charge in [0.1, 0.15) is 11.9 Å². The van der Waals surface area contributed by atoms with Gasteiger partial charge in [0.05, 0.1) is 22.9 Å². The van der Waals surface area contributed by atoms with Crippen molar-refractivity contribution in [2.45, 2.75) is 25.9 Å². The summed E-state index contributed by atoms with van der Waals surface area (Å²) in [7, 11) is 4.13. The molecule has 0 bridgehead atoms. The number of nitrogens with zero attached hydrogens (tertiary/aromatic N) is 4. The van der Waals surface area contributed by atoms with Gasteiger partial charge in [-0.25, -0.2) is 4.98 Å². The van der Waals surface area contributed by atoms with Gasteiger partial charge in [0, 0.05) is 18.9 Å². The third kappa shape index (κ3) is 4.15. The van der Waals surface area contributed by atoms with Crippen LogP contribution < -0.4 is 5.32 Å². The Kier molecular flexibility index (Phi) is 5.96. The summed E-state index contributed by atoms with van der Waals surface area (Å²) in [5.74, 6) is 0.913. The van der Waals surface area contributed by atoms with Gasteiger partial charge in [0.15, 0.2) is 0 Å². The Morgan fingerprint density at radius 2 is 2.29 bits per heavy atom. The summed E-state index contributed by atoms with van der Waals surface area (Å²) in [6.07, 6.45) is 6.56. The first-order valence-electron chi connectivity index (χ1n) is 7.22.